The highest BCUT2D eigenvalue weighted by Gasteiger charge is 2.12. The van der Waals surface area contributed by atoms with Crippen LogP contribution in [-0.2, 0) is 13.1 Å². The lowest BCUT2D eigenvalue weighted by Crippen LogP contribution is -2.35. The van der Waals surface area contributed by atoms with Gasteiger partial charge >= 0.3 is 0 Å². The molecule has 0 saturated heterocycles. The van der Waals surface area contributed by atoms with Gasteiger partial charge in [-0.05, 0) is 47.1 Å². The van der Waals surface area contributed by atoms with Gasteiger partial charge in [0.2, 0.25) is 0 Å². The smallest absolute Gasteiger partial charge is 0.107 e. The fraction of sp³-hybridized carbons (Fsp3) is 0.600. The first-order valence-corrected chi connectivity index (χ1v) is 7.83. The number of thiazole rings is 1. The monoisotopic (exact) mass is 292 g/mol. The number of nitrogens with zero attached hydrogens (tertiary/aromatic N) is 3. The molecule has 0 unspecified atom stereocenters. The van der Waals surface area contributed by atoms with Crippen LogP contribution < -0.4 is 5.32 Å². The molecule has 0 radical (unpaired) electrons. The molecule has 0 saturated carbocycles. The first kappa shape index (κ1) is 15.2. The van der Waals surface area contributed by atoms with Crippen molar-refractivity contribution in [2.24, 2.45) is 0 Å². The van der Waals surface area contributed by atoms with Crippen LogP contribution in [0.15, 0.2) is 5.38 Å². The molecule has 0 aromatic carbocycles. The average molecular weight is 292 g/mol. The second-order valence-electron chi connectivity index (χ2n) is 6.29. The van der Waals surface area contributed by atoms with Gasteiger partial charge in [0.05, 0.1) is 17.9 Å². The molecule has 0 bridgehead atoms. The van der Waals surface area contributed by atoms with Crippen LogP contribution in [0.25, 0.3) is 0 Å². The summed E-state index contributed by atoms with van der Waals surface area (Å²) in [5.41, 5.74) is 4.82. The van der Waals surface area contributed by atoms with Crippen LogP contribution in [0.4, 0.5) is 0 Å². The molecule has 0 aliphatic heterocycles. The molecule has 5 heteroatoms. The van der Waals surface area contributed by atoms with Crippen LogP contribution in [0.2, 0.25) is 0 Å². The molecule has 0 aliphatic rings. The number of rotatable bonds is 4. The van der Waals surface area contributed by atoms with Gasteiger partial charge < -0.3 is 5.32 Å². The summed E-state index contributed by atoms with van der Waals surface area (Å²) in [6, 6.07) is 0. The zero-order valence-electron chi connectivity index (χ0n) is 13.2. The highest BCUT2D eigenvalue weighted by molar-refractivity contribution is 7.09. The Labute approximate surface area is 125 Å². The fourth-order valence-corrected chi connectivity index (χ4v) is 2.66. The van der Waals surface area contributed by atoms with E-state index in [1.54, 1.807) is 11.3 Å². The Morgan fingerprint density at radius 3 is 2.50 bits per heavy atom. The van der Waals surface area contributed by atoms with Crippen molar-refractivity contribution in [1.82, 2.24) is 20.1 Å². The fourth-order valence-electron chi connectivity index (χ4n) is 1.94. The number of aryl methyl sites for hydroxylation is 1. The SMILES string of the molecule is Cc1nn(Cc2csc(CNC(C)(C)C)n2)c(C)c1C. The maximum Gasteiger partial charge on any atom is 0.107 e. The van der Waals surface area contributed by atoms with Gasteiger partial charge in [-0.25, -0.2) is 4.98 Å². The molecular formula is C15H24N4S. The zero-order valence-corrected chi connectivity index (χ0v) is 14.1. The minimum absolute atomic E-state index is 0.124. The quantitative estimate of drug-likeness (QED) is 0.941. The van der Waals surface area contributed by atoms with Crippen molar-refractivity contribution in [2.75, 3.05) is 0 Å². The van der Waals surface area contributed by atoms with E-state index in [1.807, 2.05) is 4.68 Å². The number of aromatic nitrogens is 3. The van der Waals surface area contributed by atoms with Crippen LogP contribution in [-0.4, -0.2) is 20.3 Å². The lowest BCUT2D eigenvalue weighted by atomic mass is 10.1. The zero-order chi connectivity index (χ0) is 14.9. The summed E-state index contributed by atoms with van der Waals surface area (Å²) in [5.74, 6) is 0. The predicted octanol–water partition coefficient (Wildman–Crippen LogP) is 3.20. The molecule has 2 aromatic rings. The van der Waals surface area contributed by atoms with E-state index in [0.29, 0.717) is 0 Å². The van der Waals surface area contributed by atoms with Gasteiger partial charge in [-0.3, -0.25) is 4.68 Å². The molecule has 2 rings (SSSR count). The predicted molar refractivity (Wildman–Crippen MR) is 84.2 cm³/mol. The lowest BCUT2D eigenvalue weighted by molar-refractivity contribution is 0.423. The van der Waals surface area contributed by atoms with Crippen molar-refractivity contribution in [3.63, 3.8) is 0 Å². The largest absolute Gasteiger partial charge is 0.306 e. The van der Waals surface area contributed by atoms with Gasteiger partial charge in [0.1, 0.15) is 5.01 Å². The van der Waals surface area contributed by atoms with E-state index in [2.05, 4.69) is 62.3 Å². The first-order valence-electron chi connectivity index (χ1n) is 6.95. The molecule has 4 nitrogen and oxygen atoms in total. The van der Waals surface area contributed by atoms with Crippen LogP contribution in [0.3, 0.4) is 0 Å². The number of hydrogen-bond acceptors (Lipinski definition) is 4. The van der Waals surface area contributed by atoms with Gasteiger partial charge in [0.15, 0.2) is 0 Å². The summed E-state index contributed by atoms with van der Waals surface area (Å²) in [4.78, 5) is 4.68. The Kier molecular flexibility index (Phi) is 4.30. The van der Waals surface area contributed by atoms with E-state index in [9.17, 15) is 0 Å². The van der Waals surface area contributed by atoms with E-state index < -0.39 is 0 Å². The highest BCUT2D eigenvalue weighted by Crippen LogP contribution is 2.15. The topological polar surface area (TPSA) is 42.7 Å². The number of hydrogen-bond donors (Lipinski definition) is 1. The third-order valence-corrected chi connectivity index (χ3v) is 4.32. The van der Waals surface area contributed by atoms with Crippen molar-refractivity contribution in [3.8, 4) is 0 Å². The molecule has 0 amide bonds. The minimum atomic E-state index is 0.124. The van der Waals surface area contributed by atoms with Gasteiger partial charge in [-0.2, -0.15) is 5.10 Å². The summed E-state index contributed by atoms with van der Waals surface area (Å²) >= 11 is 1.71. The van der Waals surface area contributed by atoms with E-state index >= 15 is 0 Å². The Balaban J connectivity index is 2.04. The van der Waals surface area contributed by atoms with E-state index in [1.165, 1.54) is 11.3 Å². The first-order chi connectivity index (χ1) is 9.26. The molecule has 1 N–H and O–H groups in total. The molecule has 110 valence electrons. The maximum atomic E-state index is 4.68. The van der Waals surface area contributed by atoms with Gasteiger partial charge in [-0.15, -0.1) is 11.3 Å². The van der Waals surface area contributed by atoms with E-state index in [0.717, 1.165) is 29.5 Å². The van der Waals surface area contributed by atoms with Crippen LogP contribution in [0.5, 0.6) is 0 Å². The maximum absolute atomic E-state index is 4.68. The van der Waals surface area contributed by atoms with Crippen molar-refractivity contribution in [2.45, 2.75) is 60.2 Å². The summed E-state index contributed by atoms with van der Waals surface area (Å²) in [6.45, 7) is 14.4. The third kappa shape index (κ3) is 3.67. The minimum Gasteiger partial charge on any atom is -0.306 e. The Bertz CT molecular complexity index is 590. The molecular weight excluding hydrogens is 268 g/mol. The summed E-state index contributed by atoms with van der Waals surface area (Å²) in [7, 11) is 0. The van der Waals surface area contributed by atoms with Gasteiger partial charge in [-0.1, -0.05) is 0 Å². The van der Waals surface area contributed by atoms with Crippen LogP contribution in [0.1, 0.15) is 48.4 Å². The second kappa shape index (κ2) is 5.66. The standard InChI is InChI=1S/C15H24N4S/c1-10-11(2)18-19(12(10)3)8-13-9-20-14(17-13)7-16-15(4,5)6/h9,16H,7-8H2,1-6H3. The molecule has 2 heterocycles. The van der Waals surface area contributed by atoms with Gasteiger partial charge in [0.25, 0.3) is 0 Å². The Morgan fingerprint density at radius 2 is 1.95 bits per heavy atom. The normalized spacial score (nSPS) is 12.1. The molecule has 0 spiro atoms. The third-order valence-electron chi connectivity index (χ3n) is 3.42. The van der Waals surface area contributed by atoms with Gasteiger partial charge in [0, 0.05) is 23.2 Å². The van der Waals surface area contributed by atoms with Crippen molar-refractivity contribution >= 4 is 11.3 Å². The van der Waals surface area contributed by atoms with E-state index in [4.69, 9.17) is 0 Å². The summed E-state index contributed by atoms with van der Waals surface area (Å²) < 4.78 is 2.04. The second-order valence-corrected chi connectivity index (χ2v) is 7.23. The lowest BCUT2D eigenvalue weighted by Gasteiger charge is -2.19. The summed E-state index contributed by atoms with van der Waals surface area (Å²) in [5, 5.41) is 11.3. The van der Waals surface area contributed by atoms with Crippen LogP contribution >= 0.6 is 11.3 Å². The summed E-state index contributed by atoms with van der Waals surface area (Å²) in [6.07, 6.45) is 0. The van der Waals surface area contributed by atoms with Crippen LogP contribution in [0, 0.1) is 20.8 Å². The Hall–Kier alpha value is -1.20. The highest BCUT2D eigenvalue weighted by atomic mass is 32.1. The van der Waals surface area contributed by atoms with E-state index in [-0.39, 0.29) is 5.54 Å². The average Bonchev–Trinajstić information content (AvgIpc) is 2.88. The van der Waals surface area contributed by atoms with Crippen molar-refractivity contribution in [1.29, 1.82) is 0 Å². The van der Waals surface area contributed by atoms with Crippen molar-refractivity contribution < 1.29 is 0 Å². The Morgan fingerprint density at radius 1 is 1.25 bits per heavy atom. The van der Waals surface area contributed by atoms with Crippen molar-refractivity contribution in [3.05, 3.63) is 33.0 Å². The molecule has 20 heavy (non-hydrogen) atoms. The molecule has 0 aliphatic carbocycles. The molecule has 2 aromatic heterocycles. The molecule has 0 atom stereocenters. The number of nitrogens with one attached hydrogen (secondary N) is 1. The molecule has 0 fully saturated rings.